The lowest BCUT2D eigenvalue weighted by molar-refractivity contribution is -0.139. The smallest absolute Gasteiger partial charge is 0.328 e. The molecule has 1 heterocycles. The fraction of sp³-hybridized carbons (Fsp3) is 0.182. The van der Waals surface area contributed by atoms with E-state index in [-0.39, 0.29) is 5.75 Å². The van der Waals surface area contributed by atoms with Crippen molar-refractivity contribution in [3.05, 3.63) is 24.3 Å². The van der Waals surface area contributed by atoms with Crippen molar-refractivity contribution >= 4 is 17.8 Å². The first-order valence-corrected chi connectivity index (χ1v) is 5.07. The number of carbonyl (C=O) groups is 3. The third-order valence-corrected chi connectivity index (χ3v) is 2.26. The van der Waals surface area contributed by atoms with Gasteiger partial charge in [-0.15, -0.1) is 0 Å². The van der Waals surface area contributed by atoms with Gasteiger partial charge in [0.25, 0.3) is 17.9 Å². The average Bonchev–Trinajstić information content (AvgIpc) is 2.34. The molecule has 1 aliphatic rings. The minimum Gasteiger partial charge on any atom is -0.493 e. The molecular weight excluding hydrogens is 240 g/mol. The Labute approximate surface area is 102 Å². The van der Waals surface area contributed by atoms with Crippen LogP contribution in [0.4, 0.5) is 4.79 Å². The van der Waals surface area contributed by atoms with Gasteiger partial charge in [0, 0.05) is 0 Å². The van der Waals surface area contributed by atoms with Gasteiger partial charge in [0.15, 0.2) is 11.5 Å². The van der Waals surface area contributed by atoms with Crippen LogP contribution in [0.15, 0.2) is 24.3 Å². The number of methoxy groups -OCH3 is 1. The van der Waals surface area contributed by atoms with Crippen LogP contribution < -0.4 is 20.1 Å². The summed E-state index contributed by atoms with van der Waals surface area (Å²) in [5.41, 5.74) is 0. The second kappa shape index (κ2) is 4.74. The van der Waals surface area contributed by atoms with Crippen molar-refractivity contribution in [2.45, 2.75) is 6.10 Å². The quantitative estimate of drug-likeness (QED) is 0.725. The van der Waals surface area contributed by atoms with Gasteiger partial charge in [0.05, 0.1) is 7.11 Å². The van der Waals surface area contributed by atoms with E-state index < -0.39 is 23.9 Å². The topological polar surface area (TPSA) is 93.7 Å². The highest BCUT2D eigenvalue weighted by Gasteiger charge is 2.36. The minimum atomic E-state index is -1.42. The van der Waals surface area contributed by atoms with Crippen molar-refractivity contribution in [1.82, 2.24) is 10.6 Å². The van der Waals surface area contributed by atoms with Gasteiger partial charge in [-0.1, -0.05) is 12.1 Å². The zero-order chi connectivity index (χ0) is 13.1. The molecule has 2 rings (SSSR count). The van der Waals surface area contributed by atoms with Gasteiger partial charge >= 0.3 is 6.03 Å². The second-order valence-corrected chi connectivity index (χ2v) is 3.46. The molecule has 1 aliphatic heterocycles. The van der Waals surface area contributed by atoms with Crippen LogP contribution in [0, 0.1) is 0 Å². The molecule has 94 valence electrons. The van der Waals surface area contributed by atoms with Gasteiger partial charge in [0.2, 0.25) is 0 Å². The van der Waals surface area contributed by atoms with Crippen LogP contribution in [-0.2, 0) is 9.59 Å². The van der Waals surface area contributed by atoms with Crippen molar-refractivity contribution in [2.24, 2.45) is 0 Å². The number of urea groups is 1. The minimum absolute atomic E-state index is 0.240. The third kappa shape index (κ3) is 2.24. The van der Waals surface area contributed by atoms with Crippen molar-refractivity contribution in [3.63, 3.8) is 0 Å². The normalized spacial score (nSPS) is 15.9. The van der Waals surface area contributed by atoms with E-state index in [1.807, 2.05) is 10.6 Å². The maximum absolute atomic E-state index is 11.5. The molecule has 0 bridgehead atoms. The lowest BCUT2D eigenvalue weighted by Gasteiger charge is -2.22. The summed E-state index contributed by atoms with van der Waals surface area (Å²) in [5, 5.41) is 3.88. The third-order valence-electron chi connectivity index (χ3n) is 2.26. The fourth-order valence-corrected chi connectivity index (χ4v) is 1.46. The lowest BCUT2D eigenvalue weighted by Crippen LogP contribution is -2.60. The Hall–Kier alpha value is -2.57. The van der Waals surface area contributed by atoms with Gasteiger partial charge < -0.3 is 9.47 Å². The number of barbiturate groups is 1. The van der Waals surface area contributed by atoms with Crippen molar-refractivity contribution < 1.29 is 23.9 Å². The van der Waals surface area contributed by atoms with Crippen LogP contribution in [0.5, 0.6) is 11.5 Å². The first kappa shape index (κ1) is 11.9. The van der Waals surface area contributed by atoms with Crippen molar-refractivity contribution in [2.75, 3.05) is 7.11 Å². The van der Waals surface area contributed by atoms with Gasteiger partial charge in [-0.25, -0.2) is 4.79 Å². The molecule has 7 heteroatoms. The summed E-state index contributed by atoms with van der Waals surface area (Å²) in [4.78, 5) is 33.8. The summed E-state index contributed by atoms with van der Waals surface area (Å²) < 4.78 is 10.3. The SMILES string of the molecule is COc1ccccc1OC1C(=O)NC(=O)NC1=O. The number of ether oxygens (including phenoxy) is 2. The number of amides is 4. The fourth-order valence-electron chi connectivity index (χ4n) is 1.46. The number of imide groups is 2. The number of benzene rings is 1. The Kier molecular flexibility index (Phi) is 3.13. The van der Waals surface area contributed by atoms with E-state index in [0.717, 1.165) is 0 Å². The van der Waals surface area contributed by atoms with Gasteiger partial charge in [-0.2, -0.15) is 0 Å². The molecule has 0 spiro atoms. The maximum atomic E-state index is 11.5. The molecule has 2 N–H and O–H groups in total. The number of carbonyl (C=O) groups excluding carboxylic acids is 3. The summed E-state index contributed by atoms with van der Waals surface area (Å²) in [6.07, 6.45) is -1.42. The molecule has 1 saturated heterocycles. The Morgan fingerprint density at radius 3 is 2.11 bits per heavy atom. The van der Waals surface area contributed by atoms with E-state index in [2.05, 4.69) is 0 Å². The summed E-state index contributed by atoms with van der Waals surface area (Å²) >= 11 is 0. The predicted octanol–water partition coefficient (Wildman–Crippen LogP) is -0.191. The van der Waals surface area contributed by atoms with Crippen LogP contribution in [0.3, 0.4) is 0 Å². The summed E-state index contributed by atoms with van der Waals surface area (Å²) in [5.74, 6) is -0.996. The van der Waals surface area contributed by atoms with Gasteiger partial charge in [-0.05, 0) is 12.1 Å². The Balaban J connectivity index is 2.20. The van der Waals surface area contributed by atoms with Crippen molar-refractivity contribution in [1.29, 1.82) is 0 Å². The molecule has 0 unspecified atom stereocenters. The highest BCUT2D eigenvalue weighted by atomic mass is 16.5. The van der Waals surface area contributed by atoms with E-state index in [4.69, 9.17) is 9.47 Å². The molecule has 0 saturated carbocycles. The number of rotatable bonds is 3. The standard InChI is InChI=1S/C11H10N2O5/c1-17-6-4-2-3-5-7(6)18-8-9(14)12-11(16)13-10(8)15/h2-5,8H,1H3,(H2,12,13,14,15,16). The molecule has 1 fully saturated rings. The largest absolute Gasteiger partial charge is 0.493 e. The van der Waals surface area contributed by atoms with Crippen LogP contribution >= 0.6 is 0 Å². The van der Waals surface area contributed by atoms with Gasteiger partial charge in [0.1, 0.15) is 0 Å². The van der Waals surface area contributed by atoms with E-state index in [1.54, 1.807) is 24.3 Å². The van der Waals surface area contributed by atoms with Crippen LogP contribution in [0.25, 0.3) is 0 Å². The van der Waals surface area contributed by atoms with Gasteiger partial charge in [-0.3, -0.25) is 20.2 Å². The first-order valence-electron chi connectivity index (χ1n) is 5.07. The van der Waals surface area contributed by atoms with Crippen LogP contribution in [0.1, 0.15) is 0 Å². The van der Waals surface area contributed by atoms with E-state index >= 15 is 0 Å². The van der Waals surface area contributed by atoms with Crippen LogP contribution in [0.2, 0.25) is 0 Å². The number of hydrogen-bond acceptors (Lipinski definition) is 5. The monoisotopic (exact) mass is 250 g/mol. The highest BCUT2D eigenvalue weighted by Crippen LogP contribution is 2.27. The zero-order valence-electron chi connectivity index (χ0n) is 9.43. The van der Waals surface area contributed by atoms with E-state index in [9.17, 15) is 14.4 Å². The maximum Gasteiger partial charge on any atom is 0.328 e. The molecule has 18 heavy (non-hydrogen) atoms. The number of para-hydroxylation sites is 2. The Bertz CT molecular complexity index is 494. The number of nitrogens with one attached hydrogen (secondary N) is 2. The first-order chi connectivity index (χ1) is 8.61. The van der Waals surface area contributed by atoms with E-state index in [1.165, 1.54) is 7.11 Å². The Morgan fingerprint density at radius 2 is 1.56 bits per heavy atom. The van der Waals surface area contributed by atoms with E-state index in [0.29, 0.717) is 5.75 Å². The number of hydrogen-bond donors (Lipinski definition) is 2. The predicted molar refractivity (Wildman–Crippen MR) is 59.1 cm³/mol. The summed E-state index contributed by atoms with van der Waals surface area (Å²) in [7, 11) is 1.44. The molecule has 0 aliphatic carbocycles. The molecular formula is C11H10N2O5. The molecule has 1 aromatic rings. The molecule has 0 aromatic heterocycles. The second-order valence-electron chi connectivity index (χ2n) is 3.46. The van der Waals surface area contributed by atoms with Crippen LogP contribution in [-0.4, -0.2) is 31.1 Å². The molecule has 0 atom stereocenters. The summed E-state index contributed by atoms with van der Waals surface area (Å²) in [6.45, 7) is 0. The zero-order valence-corrected chi connectivity index (χ0v) is 9.43. The highest BCUT2D eigenvalue weighted by molar-refractivity contribution is 6.18. The molecule has 4 amide bonds. The molecule has 0 radical (unpaired) electrons. The van der Waals surface area contributed by atoms with Crippen molar-refractivity contribution in [3.8, 4) is 11.5 Å². The molecule has 7 nitrogen and oxygen atoms in total. The average molecular weight is 250 g/mol. The summed E-state index contributed by atoms with van der Waals surface area (Å²) in [6, 6.07) is 5.71. The lowest BCUT2D eigenvalue weighted by atomic mass is 10.2. The Morgan fingerprint density at radius 1 is 1.00 bits per heavy atom. The molecule has 1 aromatic carbocycles.